The second kappa shape index (κ2) is 6.81. The number of pyridine rings is 1. The van der Waals surface area contributed by atoms with E-state index < -0.39 is 0 Å². The maximum Gasteiger partial charge on any atom is 0.255 e. The third-order valence-electron chi connectivity index (χ3n) is 3.33. The lowest BCUT2D eigenvalue weighted by molar-refractivity contribution is 0.415. The molecule has 0 saturated heterocycles. The molecule has 0 atom stereocenters. The average Bonchev–Trinajstić information content (AvgIpc) is 2.49. The molecule has 0 amide bonds. The first-order chi connectivity index (χ1) is 10.1. The molecular formula is C17H20ClNO2. The SMILES string of the molecule is COc1ccc(-c2ccc(CCl)c(=O)n2CC(C)C)cc1. The van der Waals surface area contributed by atoms with Gasteiger partial charge in [-0.15, -0.1) is 11.6 Å². The molecule has 0 aliphatic heterocycles. The Labute approximate surface area is 130 Å². The van der Waals surface area contributed by atoms with E-state index in [4.69, 9.17) is 16.3 Å². The number of nitrogens with zero attached hydrogens (tertiary/aromatic N) is 1. The Bertz CT molecular complexity index is 659. The summed E-state index contributed by atoms with van der Waals surface area (Å²) in [6.45, 7) is 4.86. The number of hydrogen-bond donors (Lipinski definition) is 0. The molecule has 0 spiro atoms. The van der Waals surface area contributed by atoms with E-state index in [-0.39, 0.29) is 11.4 Å². The van der Waals surface area contributed by atoms with Crippen LogP contribution in [-0.2, 0) is 12.4 Å². The summed E-state index contributed by atoms with van der Waals surface area (Å²) in [6, 6.07) is 11.5. The third-order valence-corrected chi connectivity index (χ3v) is 3.62. The lowest BCUT2D eigenvalue weighted by atomic mass is 10.1. The first-order valence-corrected chi connectivity index (χ1v) is 7.53. The Morgan fingerprint density at radius 2 is 1.81 bits per heavy atom. The smallest absolute Gasteiger partial charge is 0.255 e. The zero-order chi connectivity index (χ0) is 15.4. The molecule has 0 saturated carbocycles. The van der Waals surface area contributed by atoms with Crippen molar-refractivity contribution in [2.75, 3.05) is 7.11 Å². The van der Waals surface area contributed by atoms with Gasteiger partial charge in [-0.1, -0.05) is 19.9 Å². The molecule has 21 heavy (non-hydrogen) atoms. The molecule has 0 aliphatic rings. The van der Waals surface area contributed by atoms with Crippen LogP contribution in [-0.4, -0.2) is 11.7 Å². The van der Waals surface area contributed by atoms with E-state index in [1.165, 1.54) is 0 Å². The first kappa shape index (κ1) is 15.6. The number of methoxy groups -OCH3 is 1. The van der Waals surface area contributed by atoms with Gasteiger partial charge in [0, 0.05) is 12.1 Å². The van der Waals surface area contributed by atoms with Crippen LogP contribution in [0.15, 0.2) is 41.2 Å². The van der Waals surface area contributed by atoms with Crippen LogP contribution in [0.5, 0.6) is 5.75 Å². The minimum Gasteiger partial charge on any atom is -0.497 e. The molecule has 3 nitrogen and oxygen atoms in total. The molecule has 112 valence electrons. The second-order valence-electron chi connectivity index (χ2n) is 5.42. The summed E-state index contributed by atoms with van der Waals surface area (Å²) in [5, 5.41) is 0. The Balaban J connectivity index is 2.55. The van der Waals surface area contributed by atoms with E-state index in [0.29, 0.717) is 18.0 Å². The van der Waals surface area contributed by atoms with Crippen molar-refractivity contribution in [3.8, 4) is 17.0 Å². The van der Waals surface area contributed by atoms with Gasteiger partial charge >= 0.3 is 0 Å². The van der Waals surface area contributed by atoms with E-state index in [0.717, 1.165) is 17.0 Å². The van der Waals surface area contributed by atoms with Gasteiger partial charge in [0.05, 0.1) is 18.7 Å². The normalized spacial score (nSPS) is 10.9. The van der Waals surface area contributed by atoms with Crippen LogP contribution in [0, 0.1) is 5.92 Å². The van der Waals surface area contributed by atoms with Gasteiger partial charge in [0.2, 0.25) is 0 Å². The van der Waals surface area contributed by atoms with Crippen molar-refractivity contribution >= 4 is 11.6 Å². The lowest BCUT2D eigenvalue weighted by Crippen LogP contribution is -2.26. The molecule has 2 aromatic rings. The highest BCUT2D eigenvalue weighted by atomic mass is 35.5. The van der Waals surface area contributed by atoms with Crippen LogP contribution < -0.4 is 10.3 Å². The third kappa shape index (κ3) is 3.48. The van der Waals surface area contributed by atoms with Crippen LogP contribution in [0.1, 0.15) is 19.4 Å². The standard InChI is InChI=1S/C17H20ClNO2/c1-12(2)11-19-16(9-6-14(10-18)17(19)20)13-4-7-15(21-3)8-5-13/h4-9,12H,10-11H2,1-3H3. The maximum absolute atomic E-state index is 12.5. The monoisotopic (exact) mass is 305 g/mol. The summed E-state index contributed by atoms with van der Waals surface area (Å²) >= 11 is 5.85. The quantitative estimate of drug-likeness (QED) is 0.784. The van der Waals surface area contributed by atoms with Gasteiger partial charge in [0.15, 0.2) is 0 Å². The van der Waals surface area contributed by atoms with E-state index in [9.17, 15) is 4.79 Å². The first-order valence-electron chi connectivity index (χ1n) is 7.00. The topological polar surface area (TPSA) is 31.2 Å². The highest BCUT2D eigenvalue weighted by Gasteiger charge is 2.11. The molecule has 0 fully saturated rings. The predicted octanol–water partition coefficient (Wildman–Crippen LogP) is 3.92. The summed E-state index contributed by atoms with van der Waals surface area (Å²) in [4.78, 5) is 12.5. The molecule has 4 heteroatoms. The van der Waals surface area contributed by atoms with Gasteiger partial charge < -0.3 is 9.30 Å². The van der Waals surface area contributed by atoms with Crippen LogP contribution in [0.2, 0.25) is 0 Å². The Kier molecular flexibility index (Phi) is 5.07. The number of hydrogen-bond acceptors (Lipinski definition) is 2. The second-order valence-corrected chi connectivity index (χ2v) is 5.68. The van der Waals surface area contributed by atoms with E-state index in [1.54, 1.807) is 7.11 Å². The number of alkyl halides is 1. The van der Waals surface area contributed by atoms with Crippen molar-refractivity contribution < 1.29 is 4.74 Å². The fourth-order valence-electron chi connectivity index (χ4n) is 2.29. The molecule has 0 radical (unpaired) electrons. The number of aromatic nitrogens is 1. The Morgan fingerprint density at radius 1 is 1.14 bits per heavy atom. The summed E-state index contributed by atoms with van der Waals surface area (Å²) in [5.74, 6) is 1.42. The van der Waals surface area contributed by atoms with Crippen molar-refractivity contribution in [1.29, 1.82) is 0 Å². The van der Waals surface area contributed by atoms with E-state index >= 15 is 0 Å². The summed E-state index contributed by atoms with van der Waals surface area (Å²) < 4.78 is 6.98. The maximum atomic E-state index is 12.5. The zero-order valence-corrected chi connectivity index (χ0v) is 13.4. The molecule has 0 aliphatic carbocycles. The molecule has 0 N–H and O–H groups in total. The van der Waals surface area contributed by atoms with Crippen LogP contribution >= 0.6 is 11.6 Å². The molecule has 0 unspecified atom stereocenters. The van der Waals surface area contributed by atoms with Gasteiger partial charge in [-0.05, 0) is 41.8 Å². The zero-order valence-electron chi connectivity index (χ0n) is 12.6. The van der Waals surface area contributed by atoms with Crippen molar-refractivity contribution in [3.63, 3.8) is 0 Å². The fourth-order valence-corrected chi connectivity index (χ4v) is 2.49. The van der Waals surface area contributed by atoms with Crippen molar-refractivity contribution in [1.82, 2.24) is 4.57 Å². The van der Waals surface area contributed by atoms with Crippen molar-refractivity contribution in [2.24, 2.45) is 5.92 Å². The largest absolute Gasteiger partial charge is 0.497 e. The van der Waals surface area contributed by atoms with Gasteiger partial charge in [0.1, 0.15) is 5.75 Å². The Hall–Kier alpha value is -1.74. The highest BCUT2D eigenvalue weighted by Crippen LogP contribution is 2.22. The van der Waals surface area contributed by atoms with Gasteiger partial charge in [-0.25, -0.2) is 0 Å². The molecule has 1 heterocycles. The van der Waals surface area contributed by atoms with Crippen molar-refractivity contribution in [3.05, 3.63) is 52.3 Å². The number of benzene rings is 1. The summed E-state index contributed by atoms with van der Waals surface area (Å²) in [7, 11) is 1.64. The van der Waals surface area contributed by atoms with Gasteiger partial charge in [-0.3, -0.25) is 4.79 Å². The number of ether oxygens (including phenoxy) is 1. The highest BCUT2D eigenvalue weighted by molar-refractivity contribution is 6.17. The van der Waals surface area contributed by atoms with Crippen LogP contribution in [0.25, 0.3) is 11.3 Å². The summed E-state index contributed by atoms with van der Waals surface area (Å²) in [5.41, 5.74) is 2.53. The number of halogens is 1. The Morgan fingerprint density at radius 3 is 2.33 bits per heavy atom. The molecule has 0 bridgehead atoms. The fraction of sp³-hybridized carbons (Fsp3) is 0.353. The minimum absolute atomic E-state index is 0.00739. The lowest BCUT2D eigenvalue weighted by Gasteiger charge is -2.16. The molecule has 1 aromatic carbocycles. The van der Waals surface area contributed by atoms with Gasteiger partial charge in [0.25, 0.3) is 5.56 Å². The predicted molar refractivity (Wildman–Crippen MR) is 87.1 cm³/mol. The molecular weight excluding hydrogens is 286 g/mol. The number of rotatable bonds is 5. The average molecular weight is 306 g/mol. The molecule has 2 rings (SSSR count). The van der Waals surface area contributed by atoms with E-state index in [2.05, 4.69) is 13.8 Å². The van der Waals surface area contributed by atoms with Crippen molar-refractivity contribution in [2.45, 2.75) is 26.3 Å². The minimum atomic E-state index is -0.00739. The molecule has 1 aromatic heterocycles. The summed E-state index contributed by atoms with van der Waals surface area (Å²) in [6.07, 6.45) is 0. The van der Waals surface area contributed by atoms with Crippen LogP contribution in [0.4, 0.5) is 0 Å². The van der Waals surface area contributed by atoms with Gasteiger partial charge in [-0.2, -0.15) is 0 Å². The van der Waals surface area contributed by atoms with E-state index in [1.807, 2.05) is 41.0 Å². The van der Waals surface area contributed by atoms with Crippen LogP contribution in [0.3, 0.4) is 0 Å².